The summed E-state index contributed by atoms with van der Waals surface area (Å²) >= 11 is 0. The molecular formula is C17H23O3. The molecule has 0 aliphatic heterocycles. The highest BCUT2D eigenvalue weighted by atomic mass is 17.2. The van der Waals surface area contributed by atoms with E-state index in [4.69, 9.17) is 9.78 Å². The summed E-state index contributed by atoms with van der Waals surface area (Å²) in [6, 6.07) is 5.65. The van der Waals surface area contributed by atoms with Gasteiger partial charge >= 0.3 is 5.97 Å². The Bertz CT molecular complexity index is 481. The van der Waals surface area contributed by atoms with Gasteiger partial charge in [0.1, 0.15) is 6.10 Å². The molecule has 1 aliphatic carbocycles. The molecule has 1 saturated carbocycles. The Morgan fingerprint density at radius 1 is 1.20 bits per heavy atom. The average molecular weight is 275 g/mol. The van der Waals surface area contributed by atoms with Crippen LogP contribution in [0.2, 0.25) is 0 Å². The van der Waals surface area contributed by atoms with Gasteiger partial charge in [-0.05, 0) is 56.6 Å². The number of hydrogen-bond acceptors (Lipinski definition) is 3. The van der Waals surface area contributed by atoms with Crippen LogP contribution in [0.3, 0.4) is 0 Å². The molecule has 2 rings (SSSR count). The fraction of sp³-hybridized carbons (Fsp3) is 0.529. The van der Waals surface area contributed by atoms with Gasteiger partial charge in [0.2, 0.25) is 0 Å². The van der Waals surface area contributed by atoms with Crippen molar-refractivity contribution in [3.05, 3.63) is 41.0 Å². The van der Waals surface area contributed by atoms with E-state index < -0.39 is 5.97 Å². The van der Waals surface area contributed by atoms with Gasteiger partial charge in [-0.25, -0.2) is 4.79 Å². The Labute approximate surface area is 121 Å². The third-order valence-electron chi connectivity index (χ3n) is 4.24. The Morgan fingerprint density at radius 3 is 2.60 bits per heavy atom. The predicted molar refractivity (Wildman–Crippen MR) is 77.8 cm³/mol. The summed E-state index contributed by atoms with van der Waals surface area (Å²) < 4.78 is 0. The van der Waals surface area contributed by atoms with Gasteiger partial charge in [0.15, 0.2) is 0 Å². The van der Waals surface area contributed by atoms with Crippen molar-refractivity contribution in [2.24, 2.45) is 11.8 Å². The Kier molecular flexibility index (Phi) is 4.81. The molecule has 1 aromatic carbocycles. The topological polar surface area (TPSA) is 35.5 Å². The smallest absolute Gasteiger partial charge is 0.292 e. The predicted octanol–water partition coefficient (Wildman–Crippen LogP) is 4.38. The largest absolute Gasteiger partial charge is 0.373 e. The van der Waals surface area contributed by atoms with Crippen LogP contribution in [-0.4, -0.2) is 5.97 Å². The van der Waals surface area contributed by atoms with Crippen LogP contribution in [0.15, 0.2) is 18.2 Å². The van der Waals surface area contributed by atoms with Crippen molar-refractivity contribution in [1.82, 2.24) is 0 Å². The maximum atomic E-state index is 12.0. The first-order chi connectivity index (χ1) is 9.47. The van der Waals surface area contributed by atoms with Crippen LogP contribution in [0.5, 0.6) is 0 Å². The van der Waals surface area contributed by atoms with E-state index in [0.29, 0.717) is 17.4 Å². The number of hydrogen-bond donors (Lipinski definition) is 0. The lowest BCUT2D eigenvalue weighted by atomic mass is 9.80. The molecule has 2 unspecified atom stereocenters. The van der Waals surface area contributed by atoms with E-state index in [1.807, 2.05) is 26.0 Å². The van der Waals surface area contributed by atoms with Gasteiger partial charge in [-0.3, -0.25) is 4.89 Å². The Hall–Kier alpha value is -1.35. The second kappa shape index (κ2) is 6.40. The molecule has 109 valence electrons. The van der Waals surface area contributed by atoms with Crippen molar-refractivity contribution in [2.75, 3.05) is 0 Å². The van der Waals surface area contributed by atoms with Crippen LogP contribution in [0.25, 0.3) is 0 Å². The van der Waals surface area contributed by atoms with Crippen molar-refractivity contribution in [3.63, 3.8) is 0 Å². The average Bonchev–Trinajstić information content (AvgIpc) is 2.40. The van der Waals surface area contributed by atoms with E-state index in [9.17, 15) is 4.79 Å². The van der Waals surface area contributed by atoms with Gasteiger partial charge in [-0.1, -0.05) is 31.5 Å². The lowest BCUT2D eigenvalue weighted by Gasteiger charge is -2.29. The maximum Gasteiger partial charge on any atom is 0.373 e. The molecule has 1 fully saturated rings. The first-order valence-electron chi connectivity index (χ1n) is 7.28. The molecule has 3 nitrogen and oxygen atoms in total. The van der Waals surface area contributed by atoms with Gasteiger partial charge in [0.25, 0.3) is 0 Å². The summed E-state index contributed by atoms with van der Waals surface area (Å²) in [6.07, 6.45) is 3.73. The minimum absolute atomic E-state index is 0.415. The van der Waals surface area contributed by atoms with Crippen LogP contribution >= 0.6 is 0 Å². The zero-order valence-electron chi connectivity index (χ0n) is 12.7. The van der Waals surface area contributed by atoms with Crippen molar-refractivity contribution in [2.45, 2.75) is 47.0 Å². The summed E-state index contributed by atoms with van der Waals surface area (Å²) in [7, 11) is 0. The van der Waals surface area contributed by atoms with Crippen molar-refractivity contribution in [1.29, 1.82) is 0 Å². The Morgan fingerprint density at radius 2 is 1.95 bits per heavy atom. The first kappa shape index (κ1) is 15.0. The first-order valence-corrected chi connectivity index (χ1v) is 7.28. The molecule has 0 bridgehead atoms. The zero-order chi connectivity index (χ0) is 14.7. The van der Waals surface area contributed by atoms with Crippen LogP contribution in [0.1, 0.15) is 54.6 Å². The quantitative estimate of drug-likeness (QED) is 0.606. The molecule has 0 spiro atoms. The number of rotatable bonds is 3. The van der Waals surface area contributed by atoms with E-state index in [2.05, 4.69) is 13.8 Å². The van der Waals surface area contributed by atoms with Crippen LogP contribution in [-0.2, 0) is 9.78 Å². The van der Waals surface area contributed by atoms with Crippen molar-refractivity contribution < 1.29 is 14.6 Å². The molecule has 1 radical (unpaired) electrons. The van der Waals surface area contributed by atoms with Crippen LogP contribution in [0.4, 0.5) is 0 Å². The molecule has 0 N–H and O–H groups in total. The normalized spacial score (nSPS) is 23.6. The van der Waals surface area contributed by atoms with Crippen LogP contribution < -0.4 is 0 Å². The Balaban J connectivity index is 1.89. The number of benzene rings is 1. The standard InChI is InChI=1S/C17H23O3/c1-11-5-8-16(14(4)9-11)17(18)20-19-15-7-6-12(2)13(3)10-15/h5,8-9,12-13H,6-7,10H2,1-4H3. The summed E-state index contributed by atoms with van der Waals surface area (Å²) in [5, 5.41) is 0. The lowest BCUT2D eigenvalue weighted by Crippen LogP contribution is -2.22. The second-order valence-electron chi connectivity index (χ2n) is 6.01. The minimum Gasteiger partial charge on any atom is -0.292 e. The molecule has 1 aromatic rings. The highest BCUT2D eigenvalue weighted by Gasteiger charge is 2.28. The van der Waals surface area contributed by atoms with Crippen molar-refractivity contribution >= 4 is 5.97 Å². The summed E-state index contributed by atoms with van der Waals surface area (Å²) in [5.74, 6) is 0.872. The number of carbonyl (C=O) groups excluding carboxylic acids is 1. The zero-order valence-corrected chi connectivity index (χ0v) is 12.7. The lowest BCUT2D eigenvalue weighted by molar-refractivity contribution is -0.242. The molecule has 0 saturated heterocycles. The second-order valence-corrected chi connectivity index (χ2v) is 6.01. The number of aryl methyl sites for hydroxylation is 2. The van der Waals surface area contributed by atoms with E-state index in [-0.39, 0.29) is 0 Å². The molecule has 2 atom stereocenters. The van der Waals surface area contributed by atoms with Crippen LogP contribution in [0, 0.1) is 31.8 Å². The third kappa shape index (κ3) is 3.60. The maximum absolute atomic E-state index is 12.0. The molecule has 0 aromatic heterocycles. The molecule has 20 heavy (non-hydrogen) atoms. The van der Waals surface area contributed by atoms with Gasteiger partial charge in [-0.2, -0.15) is 4.89 Å². The summed E-state index contributed by atoms with van der Waals surface area (Å²) in [5.41, 5.74) is 2.60. The molecule has 1 aliphatic rings. The fourth-order valence-corrected chi connectivity index (χ4v) is 2.60. The molecule has 3 heteroatoms. The highest BCUT2D eigenvalue weighted by molar-refractivity contribution is 5.90. The number of carbonyl (C=O) groups is 1. The van der Waals surface area contributed by atoms with Gasteiger partial charge in [0, 0.05) is 0 Å². The summed E-state index contributed by atoms with van der Waals surface area (Å²) in [6.45, 7) is 8.36. The SMILES string of the molecule is Cc1ccc(C(=O)OO[C]2CCC(C)C(C)C2)c(C)c1. The van der Waals surface area contributed by atoms with Gasteiger partial charge in [0.05, 0.1) is 5.56 Å². The summed E-state index contributed by atoms with van der Waals surface area (Å²) in [4.78, 5) is 22.3. The monoisotopic (exact) mass is 275 g/mol. The molecular weight excluding hydrogens is 252 g/mol. The van der Waals surface area contributed by atoms with E-state index in [1.54, 1.807) is 6.07 Å². The fourth-order valence-electron chi connectivity index (χ4n) is 2.60. The molecule has 0 amide bonds. The van der Waals surface area contributed by atoms with E-state index in [0.717, 1.165) is 36.5 Å². The minimum atomic E-state index is -0.415. The third-order valence-corrected chi connectivity index (χ3v) is 4.24. The van der Waals surface area contributed by atoms with E-state index >= 15 is 0 Å². The highest BCUT2D eigenvalue weighted by Crippen LogP contribution is 2.35. The van der Waals surface area contributed by atoms with Gasteiger partial charge < -0.3 is 0 Å². The van der Waals surface area contributed by atoms with E-state index in [1.165, 1.54) is 0 Å². The molecule has 0 heterocycles. The van der Waals surface area contributed by atoms with Crippen molar-refractivity contribution in [3.8, 4) is 0 Å². The van der Waals surface area contributed by atoms with Gasteiger partial charge in [-0.15, -0.1) is 0 Å².